The number of hydrogen-bond donors (Lipinski definition) is 1. The number of alkyl halides is 3. The summed E-state index contributed by atoms with van der Waals surface area (Å²) in [6.07, 6.45) is -0.488. The quantitative estimate of drug-likeness (QED) is 0.620. The number of rotatable bonds is 7. The topological polar surface area (TPSA) is 46.2 Å². The van der Waals surface area contributed by atoms with Gasteiger partial charge in [0.15, 0.2) is 0 Å². The van der Waals surface area contributed by atoms with Crippen LogP contribution in [0.4, 0.5) is 13.2 Å². The highest BCUT2D eigenvalue weighted by molar-refractivity contribution is 7.89. The lowest BCUT2D eigenvalue weighted by Crippen LogP contribution is -2.24. The van der Waals surface area contributed by atoms with Crippen LogP contribution in [0.1, 0.15) is 24.8 Å². The van der Waals surface area contributed by atoms with E-state index in [4.69, 9.17) is 0 Å². The van der Waals surface area contributed by atoms with Gasteiger partial charge in [-0.3, -0.25) is 0 Å². The third-order valence-electron chi connectivity index (χ3n) is 2.62. The molecule has 112 valence electrons. The maximum atomic E-state index is 12.4. The molecule has 0 saturated heterocycles. The molecule has 3 nitrogen and oxygen atoms in total. The minimum absolute atomic E-state index is 0.172. The number of halogens is 3. The second kappa shape index (κ2) is 6.90. The van der Waals surface area contributed by atoms with E-state index in [1.165, 1.54) is 0 Å². The van der Waals surface area contributed by atoms with E-state index in [0.29, 0.717) is 6.42 Å². The number of allylic oxidation sites excluding steroid dienone is 1. The Hall–Kier alpha value is -1.34. The van der Waals surface area contributed by atoms with Gasteiger partial charge in [0.2, 0.25) is 10.0 Å². The van der Waals surface area contributed by atoms with Crippen molar-refractivity contribution in [3.8, 4) is 0 Å². The monoisotopic (exact) mass is 307 g/mol. The summed E-state index contributed by atoms with van der Waals surface area (Å²) in [6.45, 7) is 3.80. The van der Waals surface area contributed by atoms with E-state index in [1.54, 1.807) is 6.08 Å². The first-order chi connectivity index (χ1) is 9.27. The summed E-state index contributed by atoms with van der Waals surface area (Å²) in [5, 5.41) is 0. The van der Waals surface area contributed by atoms with Crippen molar-refractivity contribution < 1.29 is 21.6 Å². The van der Waals surface area contributed by atoms with Crippen molar-refractivity contribution in [3.63, 3.8) is 0 Å². The zero-order chi connectivity index (χ0) is 15.2. The second-order valence-corrected chi connectivity index (χ2v) is 5.97. The molecule has 0 heterocycles. The lowest BCUT2D eigenvalue weighted by molar-refractivity contribution is -0.137. The average Bonchev–Trinajstić information content (AvgIpc) is 2.37. The van der Waals surface area contributed by atoms with E-state index in [-0.39, 0.29) is 11.4 Å². The first-order valence-electron chi connectivity index (χ1n) is 6.05. The molecule has 0 aliphatic carbocycles. The molecule has 1 N–H and O–H groups in total. The van der Waals surface area contributed by atoms with Gasteiger partial charge in [0.25, 0.3) is 0 Å². The van der Waals surface area contributed by atoms with E-state index in [1.807, 2.05) is 0 Å². The Kier molecular flexibility index (Phi) is 5.76. The standard InChI is InChI=1S/C13H16F3NO2S/c1-2-3-4-5-10-17-20(18,19)12-8-6-11(7-9-12)13(14,15)16/h2,6-9,17H,1,3-5,10H2. The fraction of sp³-hybridized carbons (Fsp3) is 0.385. The van der Waals surface area contributed by atoms with Gasteiger partial charge < -0.3 is 0 Å². The molecule has 7 heteroatoms. The van der Waals surface area contributed by atoms with E-state index in [9.17, 15) is 21.6 Å². The van der Waals surface area contributed by atoms with E-state index >= 15 is 0 Å². The predicted octanol–water partition coefficient (Wildman–Crippen LogP) is 3.34. The molecule has 1 aromatic rings. The van der Waals surface area contributed by atoms with Gasteiger partial charge in [-0.2, -0.15) is 13.2 Å². The Morgan fingerprint density at radius 1 is 1.15 bits per heavy atom. The average molecular weight is 307 g/mol. The molecule has 20 heavy (non-hydrogen) atoms. The van der Waals surface area contributed by atoms with Gasteiger partial charge in [-0.05, 0) is 43.5 Å². The largest absolute Gasteiger partial charge is 0.416 e. The normalized spacial score (nSPS) is 12.3. The predicted molar refractivity (Wildman–Crippen MR) is 70.7 cm³/mol. The highest BCUT2D eigenvalue weighted by Crippen LogP contribution is 2.29. The van der Waals surface area contributed by atoms with Crippen LogP contribution in [0.25, 0.3) is 0 Å². The van der Waals surface area contributed by atoms with Crippen LogP contribution in [0.3, 0.4) is 0 Å². The molecular formula is C13H16F3NO2S. The third kappa shape index (κ3) is 4.97. The van der Waals surface area contributed by atoms with Crippen LogP contribution in [0, 0.1) is 0 Å². The Morgan fingerprint density at radius 3 is 2.25 bits per heavy atom. The summed E-state index contributed by atoms with van der Waals surface area (Å²) >= 11 is 0. The highest BCUT2D eigenvalue weighted by Gasteiger charge is 2.30. The lowest BCUT2D eigenvalue weighted by Gasteiger charge is -2.09. The molecule has 0 aromatic heterocycles. The maximum Gasteiger partial charge on any atom is 0.416 e. The lowest BCUT2D eigenvalue weighted by atomic mass is 10.2. The fourth-order valence-electron chi connectivity index (χ4n) is 1.53. The fourth-order valence-corrected chi connectivity index (χ4v) is 2.60. The van der Waals surface area contributed by atoms with Crippen molar-refractivity contribution in [3.05, 3.63) is 42.5 Å². The Labute approximate surface area is 116 Å². The first-order valence-corrected chi connectivity index (χ1v) is 7.53. The number of unbranched alkanes of at least 4 members (excludes halogenated alkanes) is 2. The summed E-state index contributed by atoms with van der Waals surface area (Å²) < 4.78 is 63.1. The molecule has 0 aliphatic heterocycles. The van der Waals surface area contributed by atoms with Crippen LogP contribution < -0.4 is 4.72 Å². The van der Waals surface area contributed by atoms with Crippen molar-refractivity contribution >= 4 is 10.0 Å². The Balaban J connectivity index is 2.66. The van der Waals surface area contributed by atoms with Gasteiger partial charge in [-0.1, -0.05) is 6.08 Å². The smallest absolute Gasteiger partial charge is 0.211 e. The molecular weight excluding hydrogens is 291 g/mol. The van der Waals surface area contributed by atoms with Crippen LogP contribution in [0.5, 0.6) is 0 Å². The van der Waals surface area contributed by atoms with Crippen LogP contribution in [0.15, 0.2) is 41.8 Å². The summed E-state index contributed by atoms with van der Waals surface area (Å²) in [5.41, 5.74) is -0.873. The van der Waals surface area contributed by atoms with Crippen LogP contribution in [0.2, 0.25) is 0 Å². The minimum atomic E-state index is -4.47. The van der Waals surface area contributed by atoms with Crippen LogP contribution >= 0.6 is 0 Å². The first kappa shape index (κ1) is 16.7. The molecule has 0 unspecified atom stereocenters. The summed E-state index contributed by atoms with van der Waals surface area (Å²) in [7, 11) is -3.75. The van der Waals surface area contributed by atoms with Gasteiger partial charge in [0.05, 0.1) is 10.5 Å². The van der Waals surface area contributed by atoms with Gasteiger partial charge in [0.1, 0.15) is 0 Å². The molecule has 0 spiro atoms. The summed E-state index contributed by atoms with van der Waals surface area (Å²) in [5.74, 6) is 0. The van der Waals surface area contributed by atoms with Crippen molar-refractivity contribution in [1.29, 1.82) is 0 Å². The number of benzene rings is 1. The van der Waals surface area contributed by atoms with Crippen molar-refractivity contribution in [2.45, 2.75) is 30.3 Å². The molecule has 0 bridgehead atoms. The zero-order valence-corrected chi connectivity index (χ0v) is 11.6. The number of sulfonamides is 1. The molecule has 0 atom stereocenters. The van der Waals surface area contributed by atoms with E-state index in [0.717, 1.165) is 37.1 Å². The maximum absolute atomic E-state index is 12.4. The molecule has 0 saturated carbocycles. The van der Waals surface area contributed by atoms with Crippen LogP contribution in [-0.2, 0) is 16.2 Å². The number of nitrogens with one attached hydrogen (secondary N) is 1. The molecule has 1 aromatic carbocycles. The van der Waals surface area contributed by atoms with Crippen molar-refractivity contribution in [2.75, 3.05) is 6.54 Å². The van der Waals surface area contributed by atoms with Crippen LogP contribution in [-0.4, -0.2) is 15.0 Å². The third-order valence-corrected chi connectivity index (χ3v) is 4.10. The van der Waals surface area contributed by atoms with Gasteiger partial charge in [0, 0.05) is 6.54 Å². The second-order valence-electron chi connectivity index (χ2n) is 4.20. The SMILES string of the molecule is C=CCCCCNS(=O)(=O)c1ccc(C(F)(F)F)cc1. The zero-order valence-electron chi connectivity index (χ0n) is 10.8. The van der Waals surface area contributed by atoms with Crippen molar-refractivity contribution in [1.82, 2.24) is 4.72 Å². The summed E-state index contributed by atoms with van der Waals surface area (Å²) in [4.78, 5) is -0.172. The molecule has 0 amide bonds. The summed E-state index contributed by atoms with van der Waals surface area (Å²) in [6, 6.07) is 3.42. The minimum Gasteiger partial charge on any atom is -0.211 e. The molecule has 0 radical (unpaired) electrons. The van der Waals surface area contributed by atoms with E-state index < -0.39 is 21.8 Å². The van der Waals surface area contributed by atoms with Gasteiger partial charge in [-0.25, -0.2) is 13.1 Å². The number of hydrogen-bond acceptors (Lipinski definition) is 2. The molecule has 0 aliphatic rings. The Morgan fingerprint density at radius 2 is 1.75 bits per heavy atom. The van der Waals surface area contributed by atoms with Gasteiger partial charge >= 0.3 is 6.18 Å². The Bertz CT molecular complexity index is 536. The molecule has 0 fully saturated rings. The highest BCUT2D eigenvalue weighted by atomic mass is 32.2. The van der Waals surface area contributed by atoms with Crippen molar-refractivity contribution in [2.24, 2.45) is 0 Å². The molecule has 1 rings (SSSR count). The van der Waals surface area contributed by atoms with Gasteiger partial charge in [-0.15, -0.1) is 6.58 Å². The van der Waals surface area contributed by atoms with E-state index in [2.05, 4.69) is 11.3 Å².